The predicted octanol–water partition coefficient (Wildman–Crippen LogP) is 5.06. The molecule has 2 aromatic rings. The van der Waals surface area contributed by atoms with Gasteiger partial charge in [0.25, 0.3) is 0 Å². The SMILES string of the molecule is CC.CC.Cc1cc(CCCOCCOc2ccccc2)no1. The lowest BCUT2D eigenvalue weighted by atomic mass is 10.2. The minimum Gasteiger partial charge on any atom is -0.491 e. The van der Waals surface area contributed by atoms with Gasteiger partial charge in [0.1, 0.15) is 18.1 Å². The van der Waals surface area contributed by atoms with Gasteiger partial charge < -0.3 is 14.0 Å². The molecule has 0 saturated carbocycles. The van der Waals surface area contributed by atoms with E-state index in [1.165, 1.54) is 0 Å². The molecule has 1 aromatic carbocycles. The molecule has 130 valence electrons. The summed E-state index contributed by atoms with van der Waals surface area (Å²) in [6.45, 7) is 11.8. The number of aryl methyl sites for hydroxylation is 2. The van der Waals surface area contributed by atoms with Crippen molar-refractivity contribution in [3.8, 4) is 5.75 Å². The zero-order valence-corrected chi connectivity index (χ0v) is 15.2. The minimum absolute atomic E-state index is 0.576. The second kappa shape index (κ2) is 15.1. The highest BCUT2D eigenvalue weighted by Crippen LogP contribution is 2.08. The Bertz CT molecular complexity index is 468. The standard InChI is InChI=1S/C15H19NO3.2C2H6/c1-13-12-14(16-19-13)6-5-9-17-10-11-18-15-7-3-2-4-8-15;2*1-2/h2-4,7-8,12H,5-6,9-11H2,1H3;2*1-2H3. The lowest BCUT2D eigenvalue weighted by Crippen LogP contribution is -2.07. The Labute approximate surface area is 140 Å². The number of nitrogens with zero attached hydrogens (tertiary/aromatic N) is 1. The zero-order valence-electron chi connectivity index (χ0n) is 15.2. The third-order valence-electron chi connectivity index (χ3n) is 2.64. The normalized spacial score (nSPS) is 9.26. The fourth-order valence-electron chi connectivity index (χ4n) is 1.73. The molecule has 4 nitrogen and oxygen atoms in total. The van der Waals surface area contributed by atoms with Crippen molar-refractivity contribution in [2.24, 2.45) is 0 Å². The Hall–Kier alpha value is -1.81. The number of ether oxygens (including phenoxy) is 2. The van der Waals surface area contributed by atoms with Gasteiger partial charge in [-0.2, -0.15) is 0 Å². The molecule has 0 aliphatic heterocycles. The van der Waals surface area contributed by atoms with Crippen LogP contribution in [0.15, 0.2) is 40.9 Å². The van der Waals surface area contributed by atoms with E-state index in [9.17, 15) is 0 Å². The third-order valence-corrected chi connectivity index (χ3v) is 2.64. The Morgan fingerprint density at radius 3 is 2.26 bits per heavy atom. The molecular weight excluding hydrogens is 290 g/mol. The van der Waals surface area contributed by atoms with Gasteiger partial charge in [0.2, 0.25) is 0 Å². The van der Waals surface area contributed by atoms with E-state index in [2.05, 4.69) is 5.16 Å². The van der Waals surface area contributed by atoms with Crippen LogP contribution in [-0.4, -0.2) is 25.0 Å². The number of aromatic nitrogens is 1. The summed E-state index contributed by atoms with van der Waals surface area (Å²) < 4.78 is 16.0. The first-order valence-electron chi connectivity index (χ1n) is 8.52. The molecule has 0 aliphatic rings. The summed E-state index contributed by atoms with van der Waals surface area (Å²) in [6, 6.07) is 11.7. The van der Waals surface area contributed by atoms with Gasteiger partial charge >= 0.3 is 0 Å². The van der Waals surface area contributed by atoms with Crippen molar-refractivity contribution in [3.63, 3.8) is 0 Å². The number of hydrogen-bond acceptors (Lipinski definition) is 4. The second-order valence-electron chi connectivity index (χ2n) is 4.31. The molecule has 0 spiro atoms. The van der Waals surface area contributed by atoms with Gasteiger partial charge in [-0.3, -0.25) is 0 Å². The molecule has 0 atom stereocenters. The Balaban J connectivity index is 0.00000112. The van der Waals surface area contributed by atoms with Gasteiger partial charge in [-0.1, -0.05) is 51.1 Å². The smallest absolute Gasteiger partial charge is 0.133 e. The van der Waals surface area contributed by atoms with Crippen LogP contribution in [0.3, 0.4) is 0 Å². The largest absolute Gasteiger partial charge is 0.491 e. The number of rotatable bonds is 8. The molecule has 0 amide bonds. The number of hydrogen-bond donors (Lipinski definition) is 0. The molecule has 4 heteroatoms. The van der Waals surface area contributed by atoms with Crippen LogP contribution < -0.4 is 4.74 Å². The van der Waals surface area contributed by atoms with Gasteiger partial charge in [0, 0.05) is 12.7 Å². The van der Waals surface area contributed by atoms with Crippen molar-refractivity contribution < 1.29 is 14.0 Å². The van der Waals surface area contributed by atoms with Crippen molar-refractivity contribution >= 4 is 0 Å². The molecule has 0 aliphatic carbocycles. The maximum atomic E-state index is 5.52. The highest BCUT2D eigenvalue weighted by Gasteiger charge is 1.99. The first kappa shape index (κ1) is 21.2. The second-order valence-corrected chi connectivity index (χ2v) is 4.31. The van der Waals surface area contributed by atoms with Crippen LogP contribution in [0.5, 0.6) is 5.75 Å². The monoisotopic (exact) mass is 321 g/mol. The summed E-state index contributed by atoms with van der Waals surface area (Å²) in [5.41, 5.74) is 0.988. The molecule has 0 N–H and O–H groups in total. The predicted molar refractivity (Wildman–Crippen MR) is 95.0 cm³/mol. The Kier molecular flexibility index (Phi) is 13.9. The van der Waals surface area contributed by atoms with E-state index in [0.29, 0.717) is 19.8 Å². The molecule has 0 unspecified atom stereocenters. The number of benzene rings is 1. The maximum Gasteiger partial charge on any atom is 0.133 e. The third kappa shape index (κ3) is 10.5. The van der Waals surface area contributed by atoms with Gasteiger partial charge in [-0.15, -0.1) is 0 Å². The quantitative estimate of drug-likeness (QED) is 0.637. The van der Waals surface area contributed by atoms with Crippen molar-refractivity contribution in [1.29, 1.82) is 0 Å². The highest BCUT2D eigenvalue weighted by molar-refractivity contribution is 5.20. The average molecular weight is 321 g/mol. The highest BCUT2D eigenvalue weighted by atomic mass is 16.5. The topological polar surface area (TPSA) is 44.5 Å². The molecule has 23 heavy (non-hydrogen) atoms. The van der Waals surface area contributed by atoms with E-state index >= 15 is 0 Å². The minimum atomic E-state index is 0.576. The average Bonchev–Trinajstić information content (AvgIpc) is 3.04. The Morgan fingerprint density at radius 1 is 0.957 bits per heavy atom. The van der Waals surface area contributed by atoms with Crippen molar-refractivity contribution in [2.75, 3.05) is 19.8 Å². The molecule has 0 radical (unpaired) electrons. The molecule has 2 rings (SSSR count). The lowest BCUT2D eigenvalue weighted by Gasteiger charge is -2.06. The zero-order chi connectivity index (χ0) is 17.3. The van der Waals surface area contributed by atoms with Crippen molar-refractivity contribution in [2.45, 2.75) is 47.5 Å². The van der Waals surface area contributed by atoms with Crippen LogP contribution in [0.2, 0.25) is 0 Å². The first-order valence-corrected chi connectivity index (χ1v) is 8.52. The van der Waals surface area contributed by atoms with E-state index in [4.69, 9.17) is 14.0 Å². The van der Waals surface area contributed by atoms with Crippen LogP contribution in [0.4, 0.5) is 0 Å². The van der Waals surface area contributed by atoms with E-state index in [-0.39, 0.29) is 0 Å². The van der Waals surface area contributed by atoms with Gasteiger partial charge in [-0.05, 0) is 31.9 Å². The van der Waals surface area contributed by atoms with E-state index < -0.39 is 0 Å². The van der Waals surface area contributed by atoms with Crippen molar-refractivity contribution in [3.05, 3.63) is 47.9 Å². The summed E-state index contributed by atoms with van der Waals surface area (Å²) in [4.78, 5) is 0. The van der Waals surface area contributed by atoms with Crippen LogP contribution in [-0.2, 0) is 11.2 Å². The first-order chi connectivity index (χ1) is 11.3. The van der Waals surface area contributed by atoms with Crippen LogP contribution in [0.1, 0.15) is 45.6 Å². The van der Waals surface area contributed by atoms with Gasteiger partial charge in [0.15, 0.2) is 0 Å². The lowest BCUT2D eigenvalue weighted by molar-refractivity contribution is 0.0983. The van der Waals surface area contributed by atoms with Crippen molar-refractivity contribution in [1.82, 2.24) is 5.16 Å². The molecule has 0 saturated heterocycles. The fourth-order valence-corrected chi connectivity index (χ4v) is 1.73. The molecule has 0 bridgehead atoms. The summed E-state index contributed by atoms with van der Waals surface area (Å²) >= 11 is 0. The summed E-state index contributed by atoms with van der Waals surface area (Å²) in [6.07, 6.45) is 1.83. The molecule has 1 aromatic heterocycles. The molecule has 1 heterocycles. The van der Waals surface area contributed by atoms with Crippen LogP contribution in [0.25, 0.3) is 0 Å². The fraction of sp³-hybridized carbons (Fsp3) is 0.526. The van der Waals surface area contributed by atoms with Crippen LogP contribution >= 0.6 is 0 Å². The van der Waals surface area contributed by atoms with E-state index in [0.717, 1.165) is 30.0 Å². The molecular formula is C19H31NO3. The summed E-state index contributed by atoms with van der Waals surface area (Å²) in [5, 5.41) is 3.93. The van der Waals surface area contributed by atoms with E-state index in [1.54, 1.807) is 0 Å². The summed E-state index contributed by atoms with van der Waals surface area (Å²) in [5.74, 6) is 1.73. The van der Waals surface area contributed by atoms with Crippen LogP contribution in [0, 0.1) is 6.92 Å². The maximum absolute atomic E-state index is 5.52. The van der Waals surface area contributed by atoms with Gasteiger partial charge in [0.05, 0.1) is 12.3 Å². The van der Waals surface area contributed by atoms with E-state index in [1.807, 2.05) is 71.0 Å². The van der Waals surface area contributed by atoms with Gasteiger partial charge in [-0.25, -0.2) is 0 Å². The summed E-state index contributed by atoms with van der Waals surface area (Å²) in [7, 11) is 0. The molecule has 0 fully saturated rings. The number of para-hydroxylation sites is 1. The Morgan fingerprint density at radius 2 is 1.65 bits per heavy atom.